The minimum Gasteiger partial charge on any atom is -0.481 e. The Labute approximate surface area is 191 Å². The number of hydrogen-bond acceptors (Lipinski definition) is 7. The van der Waals surface area contributed by atoms with Gasteiger partial charge in [0.2, 0.25) is 17.7 Å². The predicted molar refractivity (Wildman–Crippen MR) is 119 cm³/mol. The number of likely N-dealkylation sites (tertiary alicyclic amines) is 1. The number of nitrogens with zero attached hydrogens (tertiary/aromatic N) is 1. The Hall–Kier alpha value is -2.34. The summed E-state index contributed by atoms with van der Waals surface area (Å²) in [4.78, 5) is 62.0. The third kappa shape index (κ3) is 7.97. The molecule has 0 bridgehead atoms. The third-order valence-corrected chi connectivity index (χ3v) is 6.21. The average Bonchev–Trinajstić information content (AvgIpc) is 3.23. The summed E-state index contributed by atoms with van der Waals surface area (Å²) >= 11 is 1.48. The van der Waals surface area contributed by atoms with E-state index in [1.165, 1.54) is 16.7 Å². The van der Waals surface area contributed by atoms with Crippen molar-refractivity contribution in [1.82, 2.24) is 15.5 Å². The molecule has 0 aliphatic carbocycles. The maximum absolute atomic E-state index is 13.1. The zero-order chi connectivity index (χ0) is 24.4. The zero-order valence-corrected chi connectivity index (χ0v) is 19.5. The van der Waals surface area contributed by atoms with Crippen LogP contribution in [0.4, 0.5) is 0 Å². The summed E-state index contributed by atoms with van der Waals surface area (Å²) in [6.07, 6.45) is 3.03. The molecule has 5 unspecified atom stereocenters. The van der Waals surface area contributed by atoms with Crippen LogP contribution < -0.4 is 16.4 Å². The van der Waals surface area contributed by atoms with Crippen molar-refractivity contribution < 1.29 is 34.2 Å². The van der Waals surface area contributed by atoms with Crippen molar-refractivity contribution in [3.8, 4) is 0 Å². The van der Waals surface area contributed by atoms with Gasteiger partial charge in [0.15, 0.2) is 0 Å². The fourth-order valence-corrected chi connectivity index (χ4v) is 3.96. The Morgan fingerprint density at radius 3 is 2.34 bits per heavy atom. The van der Waals surface area contributed by atoms with E-state index in [9.17, 15) is 29.1 Å². The molecule has 1 saturated heterocycles. The number of nitrogens with one attached hydrogen (secondary N) is 2. The lowest BCUT2D eigenvalue weighted by molar-refractivity contribution is -0.149. The van der Waals surface area contributed by atoms with E-state index < -0.39 is 60.2 Å². The van der Waals surface area contributed by atoms with Crippen LogP contribution in [0.5, 0.6) is 0 Å². The van der Waals surface area contributed by atoms with Gasteiger partial charge in [-0.3, -0.25) is 19.2 Å². The third-order valence-electron chi connectivity index (χ3n) is 5.57. The largest absolute Gasteiger partial charge is 0.481 e. The molecule has 1 heterocycles. The first kappa shape index (κ1) is 27.7. The lowest BCUT2D eigenvalue weighted by atomic mass is 9.97. The molecular formula is C20H34N4O7S. The molecule has 0 spiro atoms. The molecule has 5 atom stereocenters. The van der Waals surface area contributed by atoms with E-state index in [4.69, 9.17) is 10.8 Å². The van der Waals surface area contributed by atoms with Crippen molar-refractivity contribution in [2.45, 2.75) is 70.1 Å². The maximum atomic E-state index is 13.1. The van der Waals surface area contributed by atoms with E-state index >= 15 is 0 Å². The number of thioether (sulfide) groups is 1. The van der Waals surface area contributed by atoms with Crippen molar-refractivity contribution in [1.29, 1.82) is 0 Å². The van der Waals surface area contributed by atoms with Gasteiger partial charge in [0, 0.05) is 6.54 Å². The minimum absolute atomic E-state index is 0.300. The van der Waals surface area contributed by atoms with Crippen LogP contribution >= 0.6 is 11.8 Å². The number of hydrogen-bond donors (Lipinski definition) is 5. The van der Waals surface area contributed by atoms with Crippen LogP contribution in [0.25, 0.3) is 0 Å². The number of nitrogens with two attached hydrogens (primary N) is 1. The highest BCUT2D eigenvalue weighted by Gasteiger charge is 2.38. The fraction of sp³-hybridized carbons (Fsp3) is 0.750. The van der Waals surface area contributed by atoms with Crippen molar-refractivity contribution in [2.75, 3.05) is 18.6 Å². The molecule has 1 fully saturated rings. The molecule has 0 aromatic carbocycles. The topological polar surface area (TPSA) is 179 Å². The Balaban J connectivity index is 3.00. The number of rotatable bonds is 13. The van der Waals surface area contributed by atoms with Gasteiger partial charge < -0.3 is 31.5 Å². The van der Waals surface area contributed by atoms with Crippen LogP contribution in [0.1, 0.15) is 46.0 Å². The quantitative estimate of drug-likeness (QED) is 0.238. The second kappa shape index (κ2) is 13.3. The number of carbonyl (C=O) groups excluding carboxylic acids is 3. The Bertz CT molecular complexity index is 705. The van der Waals surface area contributed by atoms with E-state index in [1.807, 2.05) is 13.2 Å². The number of aliphatic carboxylic acids is 2. The first-order chi connectivity index (χ1) is 15.0. The molecule has 0 aromatic heterocycles. The summed E-state index contributed by atoms with van der Waals surface area (Å²) in [5.74, 6) is -3.90. The van der Waals surface area contributed by atoms with Gasteiger partial charge in [-0.1, -0.05) is 20.3 Å². The molecule has 1 aliphatic heterocycles. The number of carbonyl (C=O) groups is 5. The molecule has 0 aromatic rings. The summed E-state index contributed by atoms with van der Waals surface area (Å²) in [5, 5.41) is 23.4. The van der Waals surface area contributed by atoms with Crippen LogP contribution in [0.15, 0.2) is 0 Å². The minimum atomic E-state index is -1.32. The molecule has 11 nitrogen and oxygen atoms in total. The normalized spacial score (nSPS) is 19.5. The van der Waals surface area contributed by atoms with E-state index in [0.717, 1.165) is 0 Å². The summed E-state index contributed by atoms with van der Waals surface area (Å²) < 4.78 is 0. The van der Waals surface area contributed by atoms with Crippen LogP contribution in [-0.2, 0) is 24.0 Å². The Morgan fingerprint density at radius 2 is 1.81 bits per heavy atom. The van der Waals surface area contributed by atoms with Crippen LogP contribution in [-0.4, -0.2) is 87.5 Å². The monoisotopic (exact) mass is 474 g/mol. The highest BCUT2D eigenvalue weighted by Crippen LogP contribution is 2.20. The van der Waals surface area contributed by atoms with Gasteiger partial charge in [-0.05, 0) is 37.2 Å². The first-order valence-corrected chi connectivity index (χ1v) is 12.0. The molecule has 0 radical (unpaired) electrons. The van der Waals surface area contributed by atoms with Crippen LogP contribution in [0.2, 0.25) is 0 Å². The van der Waals surface area contributed by atoms with Crippen molar-refractivity contribution in [3.05, 3.63) is 0 Å². The molecule has 182 valence electrons. The lowest BCUT2D eigenvalue weighted by Crippen LogP contribution is -2.58. The van der Waals surface area contributed by atoms with Gasteiger partial charge in [-0.25, -0.2) is 4.79 Å². The van der Waals surface area contributed by atoms with Gasteiger partial charge in [0.25, 0.3) is 0 Å². The smallest absolute Gasteiger partial charge is 0.326 e. The van der Waals surface area contributed by atoms with Gasteiger partial charge >= 0.3 is 11.9 Å². The first-order valence-electron chi connectivity index (χ1n) is 10.6. The fourth-order valence-electron chi connectivity index (χ4n) is 3.49. The number of amides is 3. The molecule has 1 rings (SSSR count). The SMILES string of the molecule is CCC(C)C(NC(=O)C(N)CC(=O)O)C(=O)NC(CCSC)C(=O)N1CCCC1C(=O)O. The summed E-state index contributed by atoms with van der Waals surface area (Å²) in [6, 6.07) is -4.20. The second-order valence-corrected chi connectivity index (χ2v) is 8.93. The second-order valence-electron chi connectivity index (χ2n) is 7.95. The summed E-state index contributed by atoms with van der Waals surface area (Å²) in [7, 11) is 0. The van der Waals surface area contributed by atoms with Gasteiger partial charge in [-0.2, -0.15) is 11.8 Å². The van der Waals surface area contributed by atoms with Crippen molar-refractivity contribution in [3.63, 3.8) is 0 Å². The molecule has 6 N–H and O–H groups in total. The highest BCUT2D eigenvalue weighted by molar-refractivity contribution is 7.98. The number of carboxylic acid groups (broad SMARTS) is 2. The zero-order valence-electron chi connectivity index (χ0n) is 18.7. The number of carboxylic acids is 2. The molecule has 12 heteroatoms. The van der Waals surface area contributed by atoms with Crippen molar-refractivity contribution in [2.24, 2.45) is 11.7 Å². The van der Waals surface area contributed by atoms with E-state index in [-0.39, 0.29) is 5.92 Å². The highest BCUT2D eigenvalue weighted by atomic mass is 32.2. The van der Waals surface area contributed by atoms with Crippen molar-refractivity contribution >= 4 is 41.4 Å². The summed E-state index contributed by atoms with van der Waals surface area (Å²) in [5.41, 5.74) is 5.61. The van der Waals surface area contributed by atoms with Gasteiger partial charge in [-0.15, -0.1) is 0 Å². The Kier molecular flexibility index (Phi) is 11.5. The van der Waals surface area contributed by atoms with E-state index in [2.05, 4.69) is 10.6 Å². The van der Waals surface area contributed by atoms with E-state index in [1.54, 1.807) is 6.92 Å². The molecule has 0 saturated carbocycles. The lowest BCUT2D eigenvalue weighted by Gasteiger charge is -2.30. The summed E-state index contributed by atoms with van der Waals surface area (Å²) in [6.45, 7) is 3.87. The maximum Gasteiger partial charge on any atom is 0.326 e. The molecule has 32 heavy (non-hydrogen) atoms. The van der Waals surface area contributed by atoms with E-state index in [0.29, 0.717) is 38.0 Å². The Morgan fingerprint density at radius 1 is 1.16 bits per heavy atom. The van der Waals surface area contributed by atoms with Crippen LogP contribution in [0, 0.1) is 5.92 Å². The molecule has 3 amide bonds. The molecule has 1 aliphatic rings. The average molecular weight is 475 g/mol. The molecular weight excluding hydrogens is 440 g/mol. The van der Waals surface area contributed by atoms with Crippen LogP contribution in [0.3, 0.4) is 0 Å². The standard InChI is InChI=1S/C20H34N4O7S/c1-4-11(2)16(23-17(27)12(21)10-15(25)26)18(28)22-13(7-9-32-3)19(29)24-8-5-6-14(24)20(30)31/h11-14,16H,4-10,21H2,1-3H3,(H,22,28)(H,23,27)(H,25,26)(H,30,31). The van der Waals surface area contributed by atoms with Gasteiger partial charge in [0.05, 0.1) is 12.5 Å². The van der Waals surface area contributed by atoms with Gasteiger partial charge in [0.1, 0.15) is 18.1 Å². The predicted octanol–water partition coefficient (Wildman–Crippen LogP) is -0.367.